The number of hydrogen-bond acceptors (Lipinski definition) is 9. The van der Waals surface area contributed by atoms with Crippen molar-refractivity contribution in [3.8, 4) is 17.6 Å². The summed E-state index contributed by atoms with van der Waals surface area (Å²) in [7, 11) is 0. The maximum absolute atomic E-state index is 10.1. The van der Waals surface area contributed by atoms with Crippen LogP contribution in [0.2, 0.25) is 0 Å². The van der Waals surface area contributed by atoms with Gasteiger partial charge in [-0.1, -0.05) is 5.21 Å². The lowest BCUT2D eigenvalue weighted by molar-refractivity contribution is 0.0711. The van der Waals surface area contributed by atoms with Gasteiger partial charge in [0.25, 0.3) is 0 Å². The van der Waals surface area contributed by atoms with Gasteiger partial charge >= 0.3 is 0 Å². The van der Waals surface area contributed by atoms with Crippen LogP contribution in [0.3, 0.4) is 0 Å². The molecule has 4 heterocycles. The molecule has 0 spiro atoms. The van der Waals surface area contributed by atoms with Crippen LogP contribution >= 0.6 is 0 Å². The number of nitrogens with one attached hydrogen (secondary N) is 1. The van der Waals surface area contributed by atoms with Gasteiger partial charge in [0.05, 0.1) is 47.2 Å². The minimum atomic E-state index is -0.778. The Morgan fingerprint density at radius 2 is 1.94 bits per heavy atom. The van der Waals surface area contributed by atoms with E-state index in [1.165, 1.54) is 6.20 Å². The molecule has 36 heavy (non-hydrogen) atoms. The molecule has 1 fully saturated rings. The third-order valence-corrected chi connectivity index (χ3v) is 6.46. The average molecular weight is 488 g/mol. The van der Waals surface area contributed by atoms with E-state index in [1.54, 1.807) is 41.7 Å². The van der Waals surface area contributed by atoms with Crippen LogP contribution in [0.1, 0.15) is 57.2 Å². The summed E-state index contributed by atoms with van der Waals surface area (Å²) in [4.78, 5) is 9.05. The van der Waals surface area contributed by atoms with Gasteiger partial charge in [-0.3, -0.25) is 0 Å². The molecular formula is C25H29N9O2. The van der Waals surface area contributed by atoms with E-state index in [9.17, 15) is 10.2 Å². The van der Waals surface area contributed by atoms with Gasteiger partial charge in [-0.25, -0.2) is 14.6 Å². The van der Waals surface area contributed by atoms with E-state index in [-0.39, 0.29) is 12.1 Å². The number of rotatable bonds is 7. The summed E-state index contributed by atoms with van der Waals surface area (Å²) in [5, 5.41) is 46.6. The smallest absolute Gasteiger partial charge is 0.164 e. The Hall–Kier alpha value is -3.88. The fourth-order valence-electron chi connectivity index (χ4n) is 4.41. The lowest BCUT2D eigenvalue weighted by atomic mass is 9.93. The highest BCUT2D eigenvalue weighted by molar-refractivity contribution is 5.77. The molecule has 0 atom stereocenters. The molecule has 3 N–H and O–H groups in total. The number of nitrogens with zero attached hydrogens (tertiary/aromatic N) is 8. The summed E-state index contributed by atoms with van der Waals surface area (Å²) in [6.45, 7) is 3.55. The molecular weight excluding hydrogens is 458 g/mol. The highest BCUT2D eigenvalue weighted by Crippen LogP contribution is 2.28. The first kappa shape index (κ1) is 23.8. The SMILES string of the molecule is CC(C)(O)CCc1cn(-c2cnc(-n3ncc4cc(C#N)cnc43)cc2N[C@H]2CC[C@H](O)CC2)nn1. The molecule has 186 valence electrons. The van der Waals surface area contributed by atoms with Crippen LogP contribution in [0, 0.1) is 11.3 Å². The zero-order valence-corrected chi connectivity index (χ0v) is 20.3. The summed E-state index contributed by atoms with van der Waals surface area (Å²) >= 11 is 0. The van der Waals surface area contributed by atoms with Crippen molar-refractivity contribution in [2.24, 2.45) is 0 Å². The molecule has 11 nitrogen and oxygen atoms in total. The lowest BCUT2D eigenvalue weighted by Crippen LogP contribution is -2.28. The molecule has 4 aromatic rings. The summed E-state index contributed by atoms with van der Waals surface area (Å²) in [5.74, 6) is 0.576. The molecule has 0 radical (unpaired) electrons. The minimum absolute atomic E-state index is 0.200. The van der Waals surface area contributed by atoms with Crippen LogP contribution < -0.4 is 5.32 Å². The Morgan fingerprint density at radius 3 is 2.69 bits per heavy atom. The van der Waals surface area contributed by atoms with Gasteiger partial charge in [0.2, 0.25) is 0 Å². The van der Waals surface area contributed by atoms with E-state index in [0.717, 1.165) is 48.1 Å². The maximum atomic E-state index is 10.1. The van der Waals surface area contributed by atoms with E-state index in [4.69, 9.17) is 5.26 Å². The molecule has 11 heteroatoms. The van der Waals surface area contributed by atoms with Crippen LogP contribution in [0.15, 0.2) is 36.9 Å². The number of pyridine rings is 2. The Balaban J connectivity index is 1.50. The van der Waals surface area contributed by atoms with Crippen molar-refractivity contribution in [1.29, 1.82) is 5.26 Å². The summed E-state index contributed by atoms with van der Waals surface area (Å²) < 4.78 is 3.33. The largest absolute Gasteiger partial charge is 0.393 e. The van der Waals surface area contributed by atoms with Gasteiger partial charge in [-0.15, -0.1) is 5.10 Å². The highest BCUT2D eigenvalue weighted by Gasteiger charge is 2.22. The van der Waals surface area contributed by atoms with E-state index in [1.807, 2.05) is 12.3 Å². The molecule has 1 aliphatic carbocycles. The molecule has 5 rings (SSSR count). The first-order valence-electron chi connectivity index (χ1n) is 12.1. The summed E-state index contributed by atoms with van der Waals surface area (Å²) in [5.41, 5.74) is 2.64. The molecule has 1 saturated carbocycles. The fraction of sp³-hybridized carbons (Fsp3) is 0.440. The third kappa shape index (κ3) is 5.19. The van der Waals surface area contributed by atoms with Gasteiger partial charge in [0, 0.05) is 23.7 Å². The number of hydrogen-bond donors (Lipinski definition) is 3. The van der Waals surface area contributed by atoms with Gasteiger partial charge < -0.3 is 15.5 Å². The van der Waals surface area contributed by atoms with Crippen LogP contribution in [0.4, 0.5) is 5.69 Å². The number of aliphatic hydroxyl groups excluding tert-OH is 1. The second-order valence-corrected chi connectivity index (χ2v) is 9.98. The van der Waals surface area contributed by atoms with Crippen molar-refractivity contribution in [2.45, 2.75) is 70.1 Å². The van der Waals surface area contributed by atoms with E-state index in [0.29, 0.717) is 29.9 Å². The Morgan fingerprint density at radius 1 is 1.14 bits per heavy atom. The van der Waals surface area contributed by atoms with Crippen molar-refractivity contribution in [1.82, 2.24) is 34.7 Å². The summed E-state index contributed by atoms with van der Waals surface area (Å²) in [6.07, 6.45) is 10.9. The third-order valence-electron chi connectivity index (χ3n) is 6.46. The van der Waals surface area contributed by atoms with Crippen LogP contribution in [0.25, 0.3) is 22.5 Å². The molecule has 1 aliphatic rings. The minimum Gasteiger partial charge on any atom is -0.393 e. The zero-order valence-electron chi connectivity index (χ0n) is 20.3. The predicted molar refractivity (Wildman–Crippen MR) is 133 cm³/mol. The quantitative estimate of drug-likeness (QED) is 0.357. The average Bonchev–Trinajstić information content (AvgIpc) is 3.50. The van der Waals surface area contributed by atoms with Crippen molar-refractivity contribution in [3.05, 3.63) is 48.2 Å². The molecule has 0 aliphatic heterocycles. The zero-order chi connectivity index (χ0) is 25.3. The molecule has 4 aromatic heterocycles. The van der Waals surface area contributed by atoms with Gasteiger partial charge in [-0.05, 0) is 58.4 Å². The maximum Gasteiger partial charge on any atom is 0.164 e. The highest BCUT2D eigenvalue weighted by atomic mass is 16.3. The number of fused-ring (bicyclic) bond motifs is 1. The van der Waals surface area contributed by atoms with Crippen LogP contribution in [-0.4, -0.2) is 62.7 Å². The van der Waals surface area contributed by atoms with Gasteiger partial charge in [-0.2, -0.15) is 15.0 Å². The van der Waals surface area contributed by atoms with E-state index >= 15 is 0 Å². The van der Waals surface area contributed by atoms with Crippen molar-refractivity contribution in [2.75, 3.05) is 5.32 Å². The summed E-state index contributed by atoms with van der Waals surface area (Å²) in [6, 6.07) is 5.95. The number of aliphatic hydroxyl groups is 2. The van der Waals surface area contributed by atoms with Crippen LogP contribution in [-0.2, 0) is 6.42 Å². The molecule has 0 saturated heterocycles. The lowest BCUT2D eigenvalue weighted by Gasteiger charge is -2.28. The van der Waals surface area contributed by atoms with E-state index in [2.05, 4.69) is 36.8 Å². The van der Waals surface area contributed by atoms with Crippen LogP contribution in [0.5, 0.6) is 0 Å². The molecule has 0 aromatic carbocycles. The standard InChI is InChI=1S/C25H29N9O2/c1-25(2,36)8-7-19-15-33(32-31-19)22-14-27-23(10-21(22)30-18-3-5-20(35)6-4-18)34-24-17(13-29-34)9-16(11-26)12-28-24/h9-10,12-15,18,20,35-36H,3-8H2,1-2H3,(H,27,30)/t18-,20-. The van der Waals surface area contributed by atoms with Gasteiger partial charge in [0.1, 0.15) is 11.8 Å². The fourth-order valence-corrected chi connectivity index (χ4v) is 4.41. The molecule has 0 amide bonds. The van der Waals surface area contributed by atoms with E-state index < -0.39 is 5.60 Å². The second kappa shape index (κ2) is 9.64. The van der Waals surface area contributed by atoms with Crippen molar-refractivity contribution >= 4 is 16.7 Å². The van der Waals surface area contributed by atoms with Crippen molar-refractivity contribution in [3.63, 3.8) is 0 Å². The number of anilines is 1. The Labute approximate surface area is 208 Å². The monoisotopic (exact) mass is 487 g/mol. The van der Waals surface area contributed by atoms with Gasteiger partial charge in [0.15, 0.2) is 11.5 Å². The first-order valence-corrected chi connectivity index (χ1v) is 12.1. The Kier molecular flexibility index (Phi) is 6.38. The van der Waals surface area contributed by atoms with Crippen molar-refractivity contribution < 1.29 is 10.2 Å². The predicted octanol–water partition coefficient (Wildman–Crippen LogP) is 2.69. The molecule has 0 bridgehead atoms. The number of nitriles is 1. The second-order valence-electron chi connectivity index (χ2n) is 9.98. The number of aryl methyl sites for hydroxylation is 1. The molecule has 0 unspecified atom stereocenters. The first-order chi connectivity index (χ1) is 17.3. The Bertz CT molecular complexity index is 1410. The topological polar surface area (TPSA) is 151 Å². The number of aromatic nitrogens is 7. The normalized spacial score (nSPS) is 18.3.